The second-order valence-electron chi connectivity index (χ2n) is 4.03. The zero-order valence-corrected chi connectivity index (χ0v) is 9.85. The van der Waals surface area contributed by atoms with Gasteiger partial charge in [-0.25, -0.2) is 15.1 Å². The number of carbonyl (C=O) groups is 2. The molecule has 98 valence electrons. The van der Waals surface area contributed by atoms with Gasteiger partial charge in [0.05, 0.1) is 0 Å². The fourth-order valence-corrected chi connectivity index (χ4v) is 1.64. The molecule has 0 saturated carbocycles. The third-order valence-electron chi connectivity index (χ3n) is 2.57. The molecule has 7 heteroatoms. The van der Waals surface area contributed by atoms with Gasteiger partial charge in [0.25, 0.3) is 0 Å². The largest absolute Gasteiger partial charge is 0.479 e. The molecular weight excluding hydrogens is 228 g/mol. The second-order valence-corrected chi connectivity index (χ2v) is 4.03. The molecule has 7 nitrogen and oxygen atoms in total. The molecule has 0 aliphatic carbocycles. The van der Waals surface area contributed by atoms with Crippen LogP contribution in [-0.4, -0.2) is 55.4 Å². The van der Waals surface area contributed by atoms with Gasteiger partial charge in [-0.15, -0.1) is 0 Å². The van der Waals surface area contributed by atoms with Crippen LogP contribution >= 0.6 is 0 Å². The number of hydrogen-bond donors (Lipinski definition) is 2. The maximum absolute atomic E-state index is 11.5. The highest BCUT2D eigenvalue weighted by atomic mass is 16.7. The van der Waals surface area contributed by atoms with E-state index < -0.39 is 18.6 Å². The molecule has 2 N–H and O–H groups in total. The van der Waals surface area contributed by atoms with Crippen molar-refractivity contribution in [3.8, 4) is 0 Å². The molecule has 2 amide bonds. The summed E-state index contributed by atoms with van der Waals surface area (Å²) in [6.07, 6.45) is 1.88. The quantitative estimate of drug-likeness (QED) is 0.670. The van der Waals surface area contributed by atoms with E-state index in [-0.39, 0.29) is 0 Å². The summed E-state index contributed by atoms with van der Waals surface area (Å²) in [5, 5.41) is 8.32. The summed E-state index contributed by atoms with van der Waals surface area (Å²) in [7, 11) is 1.65. The number of nitrogens with one attached hydrogen (secondary N) is 1. The SMILES string of the molecule is CN(CC1CCOCC1)C(=O)NOCC(=O)O. The van der Waals surface area contributed by atoms with Crippen LogP contribution in [-0.2, 0) is 14.4 Å². The molecule has 1 fully saturated rings. The van der Waals surface area contributed by atoms with Crippen LogP contribution < -0.4 is 5.48 Å². The Bertz CT molecular complexity index is 265. The molecular formula is C10H18N2O5. The van der Waals surface area contributed by atoms with Gasteiger partial charge in [0.15, 0.2) is 6.61 Å². The van der Waals surface area contributed by atoms with Gasteiger partial charge in [-0.2, -0.15) is 0 Å². The van der Waals surface area contributed by atoms with Crippen LogP contribution in [0.2, 0.25) is 0 Å². The summed E-state index contributed by atoms with van der Waals surface area (Å²) in [6.45, 7) is 1.54. The van der Waals surface area contributed by atoms with Crippen LogP contribution in [0.4, 0.5) is 4.79 Å². The normalized spacial score (nSPS) is 16.5. The van der Waals surface area contributed by atoms with E-state index in [0.29, 0.717) is 12.5 Å². The Labute approximate surface area is 99.6 Å². The summed E-state index contributed by atoms with van der Waals surface area (Å²) in [5.74, 6) is -0.698. The van der Waals surface area contributed by atoms with Crippen LogP contribution in [0, 0.1) is 5.92 Å². The van der Waals surface area contributed by atoms with Gasteiger partial charge in [0, 0.05) is 26.8 Å². The van der Waals surface area contributed by atoms with Crippen LogP contribution in [0.3, 0.4) is 0 Å². The maximum atomic E-state index is 11.5. The monoisotopic (exact) mass is 246 g/mol. The maximum Gasteiger partial charge on any atom is 0.341 e. The summed E-state index contributed by atoms with van der Waals surface area (Å²) < 4.78 is 5.22. The van der Waals surface area contributed by atoms with Crippen molar-refractivity contribution >= 4 is 12.0 Å². The molecule has 0 unspecified atom stereocenters. The fourth-order valence-electron chi connectivity index (χ4n) is 1.64. The van der Waals surface area contributed by atoms with Crippen molar-refractivity contribution < 1.29 is 24.3 Å². The summed E-state index contributed by atoms with van der Waals surface area (Å²) >= 11 is 0. The first kappa shape index (κ1) is 13.7. The number of urea groups is 1. The van der Waals surface area contributed by atoms with Gasteiger partial charge >= 0.3 is 12.0 Å². The molecule has 17 heavy (non-hydrogen) atoms. The molecule has 0 aromatic carbocycles. The average Bonchev–Trinajstić information content (AvgIpc) is 2.29. The van der Waals surface area contributed by atoms with Gasteiger partial charge in [0.2, 0.25) is 0 Å². The minimum Gasteiger partial charge on any atom is -0.479 e. The Morgan fingerprint density at radius 2 is 2.12 bits per heavy atom. The summed E-state index contributed by atoms with van der Waals surface area (Å²) in [5.41, 5.74) is 2.08. The number of carboxylic acid groups (broad SMARTS) is 1. The number of hydroxylamine groups is 1. The number of rotatable bonds is 5. The van der Waals surface area contributed by atoms with Gasteiger partial charge in [-0.3, -0.25) is 4.84 Å². The van der Waals surface area contributed by atoms with Gasteiger partial charge < -0.3 is 14.7 Å². The van der Waals surface area contributed by atoms with E-state index in [4.69, 9.17) is 9.84 Å². The molecule has 0 spiro atoms. The fraction of sp³-hybridized carbons (Fsp3) is 0.800. The molecule has 0 aromatic rings. The van der Waals surface area contributed by atoms with Crippen molar-refractivity contribution in [2.24, 2.45) is 5.92 Å². The standard InChI is InChI=1S/C10H18N2O5/c1-12(6-8-2-4-16-5-3-8)10(15)11-17-7-9(13)14/h8H,2-7H2,1H3,(H,11,15)(H,13,14). The highest BCUT2D eigenvalue weighted by Gasteiger charge is 2.18. The first-order valence-corrected chi connectivity index (χ1v) is 5.52. The molecule has 1 heterocycles. The summed E-state index contributed by atoms with van der Waals surface area (Å²) in [6, 6.07) is -0.433. The third-order valence-corrected chi connectivity index (χ3v) is 2.57. The number of carbonyl (C=O) groups excluding carboxylic acids is 1. The Balaban J connectivity index is 2.18. The van der Waals surface area contributed by atoms with Crippen molar-refractivity contribution in [1.82, 2.24) is 10.4 Å². The minimum atomic E-state index is -1.13. The van der Waals surface area contributed by atoms with Crippen LogP contribution in [0.15, 0.2) is 0 Å². The molecule has 0 radical (unpaired) electrons. The first-order chi connectivity index (χ1) is 8.09. The summed E-state index contributed by atoms with van der Waals surface area (Å²) in [4.78, 5) is 27.6. The van der Waals surface area contributed by atoms with Gasteiger partial charge in [0.1, 0.15) is 0 Å². The van der Waals surface area contributed by atoms with Crippen LogP contribution in [0.25, 0.3) is 0 Å². The van der Waals surface area contributed by atoms with Crippen LogP contribution in [0.5, 0.6) is 0 Å². The van der Waals surface area contributed by atoms with Crippen molar-refractivity contribution in [2.45, 2.75) is 12.8 Å². The molecule has 1 aliphatic heterocycles. The molecule has 0 bridgehead atoms. The smallest absolute Gasteiger partial charge is 0.341 e. The van der Waals surface area contributed by atoms with E-state index >= 15 is 0 Å². The topological polar surface area (TPSA) is 88.1 Å². The lowest BCUT2D eigenvalue weighted by Gasteiger charge is -2.26. The lowest BCUT2D eigenvalue weighted by molar-refractivity contribution is -0.144. The minimum absolute atomic E-state index is 0.430. The number of amides is 2. The van der Waals surface area contributed by atoms with Crippen molar-refractivity contribution in [2.75, 3.05) is 33.4 Å². The average molecular weight is 246 g/mol. The Kier molecular flexibility index (Phi) is 5.71. The van der Waals surface area contributed by atoms with E-state index in [1.165, 1.54) is 4.90 Å². The number of hydrogen-bond acceptors (Lipinski definition) is 4. The predicted molar refractivity (Wildman–Crippen MR) is 58.3 cm³/mol. The molecule has 1 saturated heterocycles. The number of carboxylic acids is 1. The highest BCUT2D eigenvalue weighted by Crippen LogP contribution is 2.15. The van der Waals surface area contributed by atoms with Gasteiger partial charge in [-0.1, -0.05) is 0 Å². The lowest BCUT2D eigenvalue weighted by atomic mass is 10.0. The van der Waals surface area contributed by atoms with E-state index in [1.807, 2.05) is 0 Å². The zero-order chi connectivity index (χ0) is 12.7. The van der Waals surface area contributed by atoms with Crippen molar-refractivity contribution in [3.05, 3.63) is 0 Å². The van der Waals surface area contributed by atoms with E-state index in [1.54, 1.807) is 7.05 Å². The molecule has 0 aromatic heterocycles. The first-order valence-electron chi connectivity index (χ1n) is 5.52. The Morgan fingerprint density at radius 3 is 2.71 bits per heavy atom. The molecule has 0 atom stereocenters. The van der Waals surface area contributed by atoms with E-state index in [2.05, 4.69) is 10.3 Å². The van der Waals surface area contributed by atoms with Gasteiger partial charge in [-0.05, 0) is 18.8 Å². The van der Waals surface area contributed by atoms with Crippen molar-refractivity contribution in [3.63, 3.8) is 0 Å². The van der Waals surface area contributed by atoms with E-state index in [0.717, 1.165) is 26.1 Å². The third kappa shape index (κ3) is 5.50. The van der Waals surface area contributed by atoms with Crippen molar-refractivity contribution in [1.29, 1.82) is 0 Å². The number of aliphatic carboxylic acids is 1. The number of ether oxygens (including phenoxy) is 1. The number of nitrogens with zero attached hydrogens (tertiary/aromatic N) is 1. The Morgan fingerprint density at radius 1 is 1.47 bits per heavy atom. The molecule has 1 rings (SSSR count). The molecule has 1 aliphatic rings. The van der Waals surface area contributed by atoms with Crippen LogP contribution in [0.1, 0.15) is 12.8 Å². The Hall–Kier alpha value is -1.34. The highest BCUT2D eigenvalue weighted by molar-refractivity contribution is 5.73. The predicted octanol–water partition coefficient (Wildman–Crippen LogP) is 0.0706. The van der Waals surface area contributed by atoms with E-state index in [9.17, 15) is 9.59 Å². The second kappa shape index (κ2) is 7.08. The lowest BCUT2D eigenvalue weighted by Crippen LogP contribution is -2.41. The zero-order valence-electron chi connectivity index (χ0n) is 9.85.